The third-order valence-electron chi connectivity index (χ3n) is 5.60. The molecule has 0 radical (unpaired) electrons. The quantitative estimate of drug-likeness (QED) is 0.629. The number of fused-ring (bicyclic) bond motifs is 1. The molecule has 1 saturated heterocycles. The van der Waals surface area contributed by atoms with Crippen LogP contribution in [0.25, 0.3) is 10.9 Å². The minimum absolute atomic E-state index is 0.0743. The van der Waals surface area contributed by atoms with E-state index in [4.69, 9.17) is 0 Å². The molecule has 0 aliphatic carbocycles. The molecule has 0 saturated carbocycles. The Morgan fingerprint density at radius 1 is 1.00 bits per heavy atom. The number of hydrogen-bond donors (Lipinski definition) is 0. The number of aryl methyl sites for hydroxylation is 1. The number of hydrogen-bond acceptors (Lipinski definition) is 4. The van der Waals surface area contributed by atoms with Gasteiger partial charge in [0.05, 0.1) is 17.2 Å². The van der Waals surface area contributed by atoms with Crippen molar-refractivity contribution in [2.75, 3.05) is 26.2 Å². The van der Waals surface area contributed by atoms with Crippen LogP contribution in [-0.4, -0.2) is 51.4 Å². The Bertz CT molecular complexity index is 1090. The first kappa shape index (κ1) is 20.2. The highest BCUT2D eigenvalue weighted by atomic mass is 19.1. The number of rotatable bonds is 6. The average molecular weight is 408 g/mol. The molecule has 7 heteroatoms. The van der Waals surface area contributed by atoms with Crippen molar-refractivity contribution >= 4 is 16.8 Å². The number of para-hydroxylation sites is 1. The lowest BCUT2D eigenvalue weighted by Gasteiger charge is -2.35. The normalized spacial score (nSPS) is 14.9. The van der Waals surface area contributed by atoms with Crippen molar-refractivity contribution in [2.45, 2.75) is 25.9 Å². The van der Waals surface area contributed by atoms with E-state index in [1.165, 1.54) is 6.07 Å². The molecule has 0 atom stereocenters. The summed E-state index contributed by atoms with van der Waals surface area (Å²) in [5.41, 5.74) is 1.30. The molecular formula is C23H25FN4O2. The summed E-state index contributed by atoms with van der Waals surface area (Å²) in [7, 11) is 0. The summed E-state index contributed by atoms with van der Waals surface area (Å²) in [6, 6.07) is 14.1. The van der Waals surface area contributed by atoms with Gasteiger partial charge in [0.1, 0.15) is 5.82 Å². The maximum absolute atomic E-state index is 13.8. The van der Waals surface area contributed by atoms with Crippen LogP contribution in [0, 0.1) is 5.82 Å². The van der Waals surface area contributed by atoms with Gasteiger partial charge in [0.25, 0.3) is 5.56 Å². The van der Waals surface area contributed by atoms with E-state index in [2.05, 4.69) is 9.88 Å². The first-order chi connectivity index (χ1) is 14.6. The summed E-state index contributed by atoms with van der Waals surface area (Å²) >= 11 is 0. The van der Waals surface area contributed by atoms with E-state index in [1.54, 1.807) is 29.1 Å². The maximum atomic E-state index is 13.8. The predicted octanol–water partition coefficient (Wildman–Crippen LogP) is 2.66. The summed E-state index contributed by atoms with van der Waals surface area (Å²) in [5, 5.41) is 0.595. The Labute approximate surface area is 174 Å². The van der Waals surface area contributed by atoms with E-state index in [0.717, 1.165) is 13.1 Å². The minimum atomic E-state index is -0.186. The van der Waals surface area contributed by atoms with Gasteiger partial charge in [0, 0.05) is 51.3 Å². The van der Waals surface area contributed by atoms with Gasteiger partial charge < -0.3 is 4.90 Å². The molecule has 0 N–H and O–H groups in total. The second-order valence-corrected chi connectivity index (χ2v) is 7.61. The third kappa shape index (κ3) is 4.57. The summed E-state index contributed by atoms with van der Waals surface area (Å²) in [6.07, 6.45) is 2.54. The van der Waals surface area contributed by atoms with Crippen LogP contribution in [0.4, 0.5) is 4.39 Å². The molecule has 4 rings (SSSR count). The molecule has 3 aromatic rings. The van der Waals surface area contributed by atoms with Crippen LogP contribution in [0.3, 0.4) is 0 Å². The number of aromatic nitrogens is 2. The molecule has 1 aliphatic heterocycles. The van der Waals surface area contributed by atoms with Crippen molar-refractivity contribution < 1.29 is 9.18 Å². The highest BCUT2D eigenvalue weighted by molar-refractivity contribution is 5.77. The summed E-state index contributed by atoms with van der Waals surface area (Å²) < 4.78 is 15.4. The Morgan fingerprint density at radius 3 is 2.53 bits per heavy atom. The number of benzene rings is 2. The predicted molar refractivity (Wildman–Crippen MR) is 113 cm³/mol. The van der Waals surface area contributed by atoms with Crippen LogP contribution in [0.15, 0.2) is 59.7 Å². The largest absolute Gasteiger partial charge is 0.340 e. The molecule has 6 nitrogen and oxygen atoms in total. The van der Waals surface area contributed by atoms with Gasteiger partial charge in [0.15, 0.2) is 0 Å². The first-order valence-corrected chi connectivity index (χ1v) is 10.3. The molecular weight excluding hydrogens is 383 g/mol. The Hall–Kier alpha value is -3.06. The third-order valence-corrected chi connectivity index (χ3v) is 5.60. The van der Waals surface area contributed by atoms with E-state index < -0.39 is 0 Å². The number of nitrogens with zero attached hydrogens (tertiary/aromatic N) is 4. The van der Waals surface area contributed by atoms with Gasteiger partial charge in [-0.05, 0) is 24.6 Å². The SMILES string of the molecule is O=C(CCCn1cnc2ccccc2c1=O)N1CCN(Cc2ccccc2F)CC1. The van der Waals surface area contributed by atoms with E-state index >= 15 is 0 Å². The van der Waals surface area contributed by atoms with E-state index in [0.29, 0.717) is 55.5 Å². The molecule has 2 aromatic carbocycles. The zero-order valence-corrected chi connectivity index (χ0v) is 16.8. The van der Waals surface area contributed by atoms with Crippen molar-refractivity contribution in [3.63, 3.8) is 0 Å². The molecule has 30 heavy (non-hydrogen) atoms. The average Bonchev–Trinajstić information content (AvgIpc) is 2.77. The van der Waals surface area contributed by atoms with E-state index in [9.17, 15) is 14.0 Å². The summed E-state index contributed by atoms with van der Waals surface area (Å²) in [6.45, 7) is 3.78. The molecule has 0 bridgehead atoms. The van der Waals surface area contributed by atoms with Gasteiger partial charge in [-0.15, -0.1) is 0 Å². The van der Waals surface area contributed by atoms with E-state index in [-0.39, 0.29) is 17.3 Å². The first-order valence-electron chi connectivity index (χ1n) is 10.3. The smallest absolute Gasteiger partial charge is 0.261 e. The van der Waals surface area contributed by atoms with Crippen LogP contribution >= 0.6 is 0 Å². The Balaban J connectivity index is 1.25. The Morgan fingerprint density at radius 2 is 1.73 bits per heavy atom. The topological polar surface area (TPSA) is 58.4 Å². The van der Waals surface area contributed by atoms with Crippen molar-refractivity contribution in [2.24, 2.45) is 0 Å². The second kappa shape index (κ2) is 9.17. The molecule has 1 fully saturated rings. The zero-order chi connectivity index (χ0) is 20.9. The minimum Gasteiger partial charge on any atom is -0.340 e. The number of amides is 1. The zero-order valence-electron chi connectivity index (χ0n) is 16.8. The standard InChI is InChI=1S/C23H25FN4O2/c24-20-8-3-1-6-18(20)16-26-12-14-27(15-13-26)22(29)10-5-11-28-17-25-21-9-4-2-7-19(21)23(28)30/h1-4,6-9,17H,5,10-16H2. The molecule has 2 heterocycles. The maximum Gasteiger partial charge on any atom is 0.261 e. The molecule has 0 unspecified atom stereocenters. The van der Waals surface area contributed by atoms with E-state index in [1.807, 2.05) is 29.2 Å². The fraction of sp³-hybridized carbons (Fsp3) is 0.348. The molecule has 156 valence electrons. The van der Waals surface area contributed by atoms with Gasteiger partial charge in [-0.1, -0.05) is 30.3 Å². The monoisotopic (exact) mass is 408 g/mol. The number of piperazine rings is 1. The van der Waals surface area contributed by atoms with Crippen LogP contribution in [0.5, 0.6) is 0 Å². The van der Waals surface area contributed by atoms with Crippen molar-refractivity contribution in [3.8, 4) is 0 Å². The lowest BCUT2D eigenvalue weighted by atomic mass is 10.1. The van der Waals surface area contributed by atoms with Crippen molar-refractivity contribution in [1.29, 1.82) is 0 Å². The fourth-order valence-corrected chi connectivity index (χ4v) is 3.85. The van der Waals surface area contributed by atoms with Gasteiger partial charge in [-0.2, -0.15) is 0 Å². The lowest BCUT2D eigenvalue weighted by molar-refractivity contribution is -0.133. The van der Waals surface area contributed by atoms with Crippen LogP contribution in [0.1, 0.15) is 18.4 Å². The fourth-order valence-electron chi connectivity index (χ4n) is 3.85. The summed E-state index contributed by atoms with van der Waals surface area (Å²) in [5.74, 6) is -0.0863. The Kier molecular flexibility index (Phi) is 6.18. The molecule has 1 aliphatic rings. The molecule has 1 amide bonds. The van der Waals surface area contributed by atoms with Crippen molar-refractivity contribution in [3.05, 3.63) is 76.6 Å². The highest BCUT2D eigenvalue weighted by Gasteiger charge is 2.21. The van der Waals surface area contributed by atoms with Crippen LogP contribution < -0.4 is 5.56 Å². The van der Waals surface area contributed by atoms with Gasteiger partial charge in [0.2, 0.25) is 5.91 Å². The number of carbonyl (C=O) groups excluding carboxylic acids is 1. The summed E-state index contributed by atoms with van der Waals surface area (Å²) in [4.78, 5) is 33.4. The van der Waals surface area contributed by atoms with Gasteiger partial charge >= 0.3 is 0 Å². The number of halogens is 1. The van der Waals surface area contributed by atoms with Crippen LogP contribution in [-0.2, 0) is 17.9 Å². The van der Waals surface area contributed by atoms with Crippen molar-refractivity contribution in [1.82, 2.24) is 19.4 Å². The molecule has 1 aromatic heterocycles. The molecule has 0 spiro atoms. The van der Waals surface area contributed by atoms with Gasteiger partial charge in [-0.3, -0.25) is 19.1 Å². The lowest BCUT2D eigenvalue weighted by Crippen LogP contribution is -2.48. The van der Waals surface area contributed by atoms with Gasteiger partial charge in [-0.25, -0.2) is 9.37 Å². The van der Waals surface area contributed by atoms with Crippen LogP contribution in [0.2, 0.25) is 0 Å². The highest BCUT2D eigenvalue weighted by Crippen LogP contribution is 2.13. The second-order valence-electron chi connectivity index (χ2n) is 7.61. The number of carbonyl (C=O) groups is 1.